The highest BCUT2D eigenvalue weighted by atomic mass is 35.5. The maximum atomic E-state index is 17.0. The number of aromatic nitrogens is 2. The molecule has 6 rings (SSSR count). The Morgan fingerprint density at radius 1 is 1.16 bits per heavy atom. The van der Waals surface area contributed by atoms with E-state index in [1.807, 2.05) is 38.4 Å². The quantitative estimate of drug-likeness (QED) is 0.257. The molecule has 43 heavy (non-hydrogen) atoms. The van der Waals surface area contributed by atoms with Gasteiger partial charge in [-0.15, -0.1) is 6.58 Å². The van der Waals surface area contributed by atoms with Gasteiger partial charge in [0.05, 0.1) is 6.61 Å². The first-order valence-electron chi connectivity index (χ1n) is 15.1. The number of rotatable bonds is 10. The van der Waals surface area contributed by atoms with Crippen LogP contribution >= 0.6 is 11.6 Å². The summed E-state index contributed by atoms with van der Waals surface area (Å²) in [5, 5.41) is 17.2. The molecule has 0 spiro atoms. The molecule has 2 aromatic carbocycles. The highest BCUT2D eigenvalue weighted by Gasteiger charge is 2.35. The molecule has 3 heterocycles. The van der Waals surface area contributed by atoms with Gasteiger partial charge in [-0.3, -0.25) is 0 Å². The topological polar surface area (TPSA) is 73.8 Å². The van der Waals surface area contributed by atoms with Gasteiger partial charge in [0.2, 0.25) is 0 Å². The molecule has 2 bridgehead atoms. The van der Waals surface area contributed by atoms with Crippen LogP contribution < -0.4 is 25.5 Å². The van der Waals surface area contributed by atoms with Gasteiger partial charge in [-0.05, 0) is 92.9 Å². The third kappa shape index (κ3) is 6.14. The zero-order valence-electron chi connectivity index (χ0n) is 24.8. The van der Waals surface area contributed by atoms with Crippen LogP contribution in [0.15, 0.2) is 54.1 Å². The van der Waals surface area contributed by atoms with Crippen molar-refractivity contribution in [2.45, 2.75) is 44.2 Å². The van der Waals surface area contributed by atoms with Crippen LogP contribution in [0.25, 0.3) is 28.2 Å². The zero-order chi connectivity index (χ0) is 30.1. The second-order valence-electron chi connectivity index (χ2n) is 12.0. The van der Waals surface area contributed by atoms with Gasteiger partial charge in [0.25, 0.3) is 0 Å². The van der Waals surface area contributed by atoms with Crippen molar-refractivity contribution < 1.29 is 14.2 Å². The van der Waals surface area contributed by atoms with E-state index >= 15 is 4.39 Å². The van der Waals surface area contributed by atoms with E-state index in [1.54, 1.807) is 24.3 Å². The Labute approximate surface area is 257 Å². The van der Waals surface area contributed by atoms with Gasteiger partial charge in [0.1, 0.15) is 22.7 Å². The molecule has 0 radical (unpaired) electrons. The van der Waals surface area contributed by atoms with E-state index in [0.29, 0.717) is 52.3 Å². The first kappa shape index (κ1) is 29.6. The molecule has 0 saturated carbocycles. The number of anilines is 1. The molecular weight excluding hydrogens is 565 g/mol. The number of hydrogen-bond donors (Lipinski definition) is 2. The van der Waals surface area contributed by atoms with Gasteiger partial charge >= 0.3 is 6.01 Å². The average Bonchev–Trinajstić information content (AvgIpc) is 3.28. The highest BCUT2D eigenvalue weighted by Crippen LogP contribution is 2.42. The Hall–Kier alpha value is -3.46. The Bertz CT molecular complexity index is 1680. The SMILES string of the molecule is C=CCC1C(c2cc(O)cc3ccccc23)=C(Cl)C=c2c(N3CC4CCC(C3)N4)nc(OCCCCN(C)C)nc2=C1F. The number of benzene rings is 2. The molecule has 1 aromatic heterocycles. The summed E-state index contributed by atoms with van der Waals surface area (Å²) in [4.78, 5) is 13.9. The normalized spacial score (nSPS) is 21.7. The summed E-state index contributed by atoms with van der Waals surface area (Å²) in [6, 6.07) is 12.0. The summed E-state index contributed by atoms with van der Waals surface area (Å²) in [5.41, 5.74) is 1.26. The highest BCUT2D eigenvalue weighted by molar-refractivity contribution is 6.38. The number of phenolic OH excluding ortho intramolecular Hbond substituents is 1. The molecule has 2 N–H and O–H groups in total. The number of nitrogens with zero attached hydrogens (tertiary/aromatic N) is 4. The zero-order valence-corrected chi connectivity index (χ0v) is 25.6. The summed E-state index contributed by atoms with van der Waals surface area (Å²) in [6.45, 7) is 6.86. The van der Waals surface area contributed by atoms with Crippen LogP contribution in [-0.2, 0) is 0 Å². The van der Waals surface area contributed by atoms with Crippen LogP contribution in [0.5, 0.6) is 11.8 Å². The number of unbranched alkanes of at least 4 members (excludes halogenated alkanes) is 1. The summed E-state index contributed by atoms with van der Waals surface area (Å²) in [5.74, 6) is -0.447. The number of fused-ring (bicyclic) bond motifs is 4. The van der Waals surface area contributed by atoms with Crippen LogP contribution in [-0.4, -0.2) is 72.4 Å². The summed E-state index contributed by atoms with van der Waals surface area (Å²) >= 11 is 7.17. The Morgan fingerprint density at radius 3 is 2.67 bits per heavy atom. The summed E-state index contributed by atoms with van der Waals surface area (Å²) in [7, 11) is 4.09. The number of phenols is 1. The number of piperazine rings is 1. The molecule has 3 aromatic rings. The van der Waals surface area contributed by atoms with Crippen molar-refractivity contribution in [2.75, 3.05) is 45.2 Å². The lowest BCUT2D eigenvalue weighted by atomic mass is 9.86. The molecule has 7 nitrogen and oxygen atoms in total. The Balaban J connectivity index is 1.52. The van der Waals surface area contributed by atoms with Gasteiger partial charge in [0.15, 0.2) is 0 Å². The van der Waals surface area contributed by atoms with E-state index < -0.39 is 11.7 Å². The number of halogens is 2. The molecule has 2 aliphatic heterocycles. The summed E-state index contributed by atoms with van der Waals surface area (Å²) in [6.07, 6.45) is 7.81. The van der Waals surface area contributed by atoms with Crippen LogP contribution in [0.4, 0.5) is 10.2 Å². The minimum Gasteiger partial charge on any atom is -0.508 e. The standard InChI is InChI=1S/C34H39ClFN5O2/c1-4-9-26-30(27-17-24(42)16-21-10-5-6-11-25(21)27)29(35)18-28-32(31(26)36)38-34(43-15-8-7-14-40(2)3)39-33(28)41-19-22-12-13-23(20-41)37-22/h4-6,10-11,16-18,22-23,26,37,42H,1,7-9,12-15,19-20H2,2-3H3. The first-order valence-corrected chi connectivity index (χ1v) is 15.5. The van der Waals surface area contributed by atoms with Gasteiger partial charge in [-0.1, -0.05) is 41.9 Å². The number of hydrogen-bond acceptors (Lipinski definition) is 7. The predicted molar refractivity (Wildman–Crippen MR) is 172 cm³/mol. The average molecular weight is 604 g/mol. The van der Waals surface area contributed by atoms with E-state index in [4.69, 9.17) is 21.3 Å². The fourth-order valence-electron chi connectivity index (χ4n) is 6.61. The van der Waals surface area contributed by atoms with Crippen molar-refractivity contribution in [2.24, 2.45) is 5.92 Å². The fraction of sp³-hybridized carbons (Fsp3) is 0.412. The Morgan fingerprint density at radius 2 is 1.93 bits per heavy atom. The third-order valence-corrected chi connectivity index (χ3v) is 8.91. The van der Waals surface area contributed by atoms with Gasteiger partial charge < -0.3 is 25.0 Å². The lowest BCUT2D eigenvalue weighted by molar-refractivity contribution is 0.272. The third-order valence-electron chi connectivity index (χ3n) is 8.60. The minimum atomic E-state index is -0.761. The number of allylic oxidation sites excluding steroid dienone is 3. The fourth-order valence-corrected chi connectivity index (χ4v) is 6.95. The first-order chi connectivity index (χ1) is 20.8. The van der Waals surface area contributed by atoms with Crippen molar-refractivity contribution in [3.63, 3.8) is 0 Å². The molecule has 3 unspecified atom stereocenters. The Kier molecular flexibility index (Phi) is 8.71. The van der Waals surface area contributed by atoms with Crippen molar-refractivity contribution in [3.8, 4) is 11.8 Å². The largest absolute Gasteiger partial charge is 0.508 e. The van der Waals surface area contributed by atoms with E-state index in [0.717, 1.165) is 56.1 Å². The van der Waals surface area contributed by atoms with E-state index in [2.05, 4.69) is 26.7 Å². The van der Waals surface area contributed by atoms with Crippen LogP contribution in [0.3, 0.4) is 0 Å². The summed E-state index contributed by atoms with van der Waals surface area (Å²) < 4.78 is 23.1. The second-order valence-corrected chi connectivity index (χ2v) is 12.4. The molecule has 1 aliphatic carbocycles. The maximum Gasteiger partial charge on any atom is 0.319 e. The molecule has 9 heteroatoms. The van der Waals surface area contributed by atoms with E-state index in [9.17, 15) is 5.11 Å². The number of nitrogens with one attached hydrogen (secondary N) is 1. The van der Waals surface area contributed by atoms with Crippen molar-refractivity contribution in [1.82, 2.24) is 20.2 Å². The molecule has 226 valence electrons. The molecule has 2 fully saturated rings. The molecule has 2 saturated heterocycles. The van der Waals surface area contributed by atoms with Crippen LogP contribution in [0.2, 0.25) is 0 Å². The monoisotopic (exact) mass is 603 g/mol. The van der Waals surface area contributed by atoms with Crippen molar-refractivity contribution >= 4 is 45.7 Å². The number of aromatic hydroxyl groups is 1. The second kappa shape index (κ2) is 12.6. The van der Waals surface area contributed by atoms with Gasteiger partial charge in [-0.2, -0.15) is 9.97 Å². The van der Waals surface area contributed by atoms with Crippen LogP contribution in [0.1, 0.15) is 37.7 Å². The molecule has 0 amide bonds. The molecule has 3 aliphatic rings. The predicted octanol–water partition coefficient (Wildman–Crippen LogP) is 4.71. The maximum absolute atomic E-state index is 17.0. The van der Waals surface area contributed by atoms with Gasteiger partial charge in [0, 0.05) is 41.3 Å². The molecular formula is C34H39ClFN5O2. The van der Waals surface area contributed by atoms with Crippen molar-refractivity contribution in [1.29, 1.82) is 0 Å². The number of ether oxygens (including phenoxy) is 1. The smallest absolute Gasteiger partial charge is 0.319 e. The van der Waals surface area contributed by atoms with Crippen LogP contribution in [0, 0.1) is 5.92 Å². The van der Waals surface area contributed by atoms with E-state index in [1.165, 1.54) is 0 Å². The molecule has 3 atom stereocenters. The lowest BCUT2D eigenvalue weighted by Gasteiger charge is -2.34. The van der Waals surface area contributed by atoms with Crippen molar-refractivity contribution in [3.05, 3.63) is 70.2 Å². The van der Waals surface area contributed by atoms with E-state index in [-0.39, 0.29) is 17.1 Å². The lowest BCUT2D eigenvalue weighted by Crippen LogP contribution is -2.53. The minimum absolute atomic E-state index is 0.0897. The van der Waals surface area contributed by atoms with Gasteiger partial charge in [-0.25, -0.2) is 4.39 Å².